The van der Waals surface area contributed by atoms with Gasteiger partial charge in [-0.3, -0.25) is 0 Å². The molecular formula is C13H24N2. The second-order valence-electron chi connectivity index (χ2n) is 6.00. The molecule has 3 rings (SSSR count). The quantitative estimate of drug-likeness (QED) is 0.758. The molecule has 0 aromatic carbocycles. The largest absolute Gasteiger partial charge is 0.311 e. The van der Waals surface area contributed by atoms with Crippen molar-refractivity contribution in [2.24, 2.45) is 11.8 Å². The topological polar surface area (TPSA) is 15.3 Å². The average molecular weight is 208 g/mol. The van der Waals surface area contributed by atoms with E-state index in [9.17, 15) is 0 Å². The van der Waals surface area contributed by atoms with Gasteiger partial charge in [0.1, 0.15) is 0 Å². The molecule has 3 aliphatic rings. The zero-order valence-electron chi connectivity index (χ0n) is 9.91. The van der Waals surface area contributed by atoms with E-state index >= 15 is 0 Å². The molecule has 1 heterocycles. The number of hydrogen-bond donors (Lipinski definition) is 1. The van der Waals surface area contributed by atoms with Crippen LogP contribution in [-0.4, -0.2) is 36.6 Å². The lowest BCUT2D eigenvalue weighted by atomic mass is 10.0. The highest BCUT2D eigenvalue weighted by molar-refractivity contribution is 4.93. The van der Waals surface area contributed by atoms with Crippen LogP contribution in [0.25, 0.3) is 0 Å². The van der Waals surface area contributed by atoms with E-state index in [1.54, 1.807) is 0 Å². The summed E-state index contributed by atoms with van der Waals surface area (Å²) in [6.07, 6.45) is 7.18. The average Bonchev–Trinajstić information content (AvgIpc) is 3.11. The summed E-state index contributed by atoms with van der Waals surface area (Å²) < 4.78 is 0. The van der Waals surface area contributed by atoms with Crippen LogP contribution in [0.4, 0.5) is 0 Å². The van der Waals surface area contributed by atoms with Crippen LogP contribution in [0.1, 0.15) is 39.0 Å². The van der Waals surface area contributed by atoms with E-state index in [1.165, 1.54) is 51.7 Å². The third kappa shape index (κ3) is 2.73. The molecule has 15 heavy (non-hydrogen) atoms. The smallest absolute Gasteiger partial charge is 0.00989 e. The Morgan fingerprint density at radius 3 is 2.33 bits per heavy atom. The van der Waals surface area contributed by atoms with Crippen molar-refractivity contribution in [3.05, 3.63) is 0 Å². The molecule has 2 heteroatoms. The van der Waals surface area contributed by atoms with Gasteiger partial charge in [0.15, 0.2) is 0 Å². The van der Waals surface area contributed by atoms with Crippen molar-refractivity contribution in [1.82, 2.24) is 10.2 Å². The van der Waals surface area contributed by atoms with E-state index in [0.29, 0.717) is 0 Å². The molecule has 0 amide bonds. The van der Waals surface area contributed by atoms with E-state index in [1.807, 2.05) is 0 Å². The van der Waals surface area contributed by atoms with Gasteiger partial charge in [-0.1, -0.05) is 6.92 Å². The van der Waals surface area contributed by atoms with Crippen LogP contribution in [0.5, 0.6) is 0 Å². The fourth-order valence-corrected chi connectivity index (χ4v) is 2.80. The molecule has 2 saturated carbocycles. The molecule has 2 aliphatic carbocycles. The molecule has 0 spiro atoms. The Hall–Kier alpha value is -0.0800. The third-order valence-electron chi connectivity index (χ3n) is 4.36. The zero-order valence-corrected chi connectivity index (χ0v) is 9.91. The molecular weight excluding hydrogens is 184 g/mol. The molecule has 1 N–H and O–H groups in total. The van der Waals surface area contributed by atoms with Gasteiger partial charge in [0.2, 0.25) is 0 Å². The van der Waals surface area contributed by atoms with Gasteiger partial charge in [-0.05, 0) is 57.0 Å². The molecule has 2 unspecified atom stereocenters. The summed E-state index contributed by atoms with van der Waals surface area (Å²) >= 11 is 0. The Bertz CT molecular complexity index is 217. The Balaban J connectivity index is 1.36. The predicted octanol–water partition coefficient (Wildman–Crippen LogP) is 1.86. The number of likely N-dealkylation sites (tertiary alicyclic amines) is 1. The SMILES string of the molecule is CC1CC1NC1CCN(CC2CC2)CC1. The van der Waals surface area contributed by atoms with E-state index in [2.05, 4.69) is 17.1 Å². The summed E-state index contributed by atoms with van der Waals surface area (Å²) in [6, 6.07) is 1.69. The minimum Gasteiger partial charge on any atom is -0.311 e. The molecule has 0 radical (unpaired) electrons. The van der Waals surface area contributed by atoms with Gasteiger partial charge < -0.3 is 10.2 Å². The van der Waals surface area contributed by atoms with Gasteiger partial charge >= 0.3 is 0 Å². The van der Waals surface area contributed by atoms with Gasteiger partial charge in [-0.15, -0.1) is 0 Å². The maximum Gasteiger partial charge on any atom is 0.00989 e. The number of rotatable bonds is 4. The van der Waals surface area contributed by atoms with Crippen LogP contribution in [0, 0.1) is 11.8 Å². The van der Waals surface area contributed by atoms with Gasteiger partial charge in [0.25, 0.3) is 0 Å². The summed E-state index contributed by atoms with van der Waals surface area (Å²) in [7, 11) is 0. The van der Waals surface area contributed by atoms with Crippen LogP contribution >= 0.6 is 0 Å². The Morgan fingerprint density at radius 1 is 1.13 bits per heavy atom. The second kappa shape index (κ2) is 4.06. The number of nitrogens with zero attached hydrogens (tertiary/aromatic N) is 1. The molecule has 3 fully saturated rings. The fraction of sp³-hybridized carbons (Fsp3) is 1.00. The summed E-state index contributed by atoms with van der Waals surface area (Å²) in [6.45, 7) is 6.44. The summed E-state index contributed by atoms with van der Waals surface area (Å²) in [5.41, 5.74) is 0. The maximum atomic E-state index is 3.81. The third-order valence-corrected chi connectivity index (χ3v) is 4.36. The Labute approximate surface area is 93.4 Å². The molecule has 0 bridgehead atoms. The van der Waals surface area contributed by atoms with Gasteiger partial charge in [0.05, 0.1) is 0 Å². The van der Waals surface area contributed by atoms with E-state index < -0.39 is 0 Å². The van der Waals surface area contributed by atoms with Crippen molar-refractivity contribution >= 4 is 0 Å². The number of nitrogens with one attached hydrogen (secondary N) is 1. The minimum absolute atomic E-state index is 0.829. The molecule has 1 saturated heterocycles. The zero-order chi connectivity index (χ0) is 10.3. The normalized spacial score (nSPS) is 38.2. The van der Waals surface area contributed by atoms with E-state index in [4.69, 9.17) is 0 Å². The second-order valence-corrected chi connectivity index (χ2v) is 6.00. The molecule has 0 aromatic heterocycles. The van der Waals surface area contributed by atoms with Crippen LogP contribution < -0.4 is 5.32 Å². The van der Waals surface area contributed by atoms with Gasteiger partial charge in [-0.25, -0.2) is 0 Å². The minimum atomic E-state index is 0.829. The first-order chi connectivity index (χ1) is 7.31. The van der Waals surface area contributed by atoms with Crippen molar-refractivity contribution in [1.29, 1.82) is 0 Å². The first kappa shape index (κ1) is 10.1. The van der Waals surface area contributed by atoms with Crippen LogP contribution in [0.15, 0.2) is 0 Å². The van der Waals surface area contributed by atoms with Crippen molar-refractivity contribution < 1.29 is 0 Å². The Morgan fingerprint density at radius 2 is 1.80 bits per heavy atom. The highest BCUT2D eigenvalue weighted by Gasteiger charge is 2.35. The fourth-order valence-electron chi connectivity index (χ4n) is 2.80. The first-order valence-corrected chi connectivity index (χ1v) is 6.79. The van der Waals surface area contributed by atoms with Crippen molar-refractivity contribution in [3.63, 3.8) is 0 Å². The molecule has 2 nitrogen and oxygen atoms in total. The van der Waals surface area contributed by atoms with Crippen molar-refractivity contribution in [3.8, 4) is 0 Å². The molecule has 2 atom stereocenters. The van der Waals surface area contributed by atoms with E-state index in [-0.39, 0.29) is 0 Å². The number of piperidine rings is 1. The molecule has 1 aliphatic heterocycles. The standard InChI is InChI=1S/C13H24N2/c1-10-8-13(10)14-12-4-6-15(7-5-12)9-11-2-3-11/h10-14H,2-9H2,1H3. The summed E-state index contributed by atoms with van der Waals surface area (Å²) in [4.78, 5) is 2.69. The van der Waals surface area contributed by atoms with Crippen molar-refractivity contribution in [2.75, 3.05) is 19.6 Å². The van der Waals surface area contributed by atoms with Gasteiger partial charge in [-0.2, -0.15) is 0 Å². The monoisotopic (exact) mass is 208 g/mol. The number of hydrogen-bond acceptors (Lipinski definition) is 2. The summed E-state index contributed by atoms with van der Waals surface area (Å²) in [5.74, 6) is 2.02. The molecule has 0 aromatic rings. The van der Waals surface area contributed by atoms with Gasteiger partial charge in [0, 0.05) is 18.6 Å². The highest BCUT2D eigenvalue weighted by atomic mass is 15.2. The first-order valence-electron chi connectivity index (χ1n) is 6.79. The van der Waals surface area contributed by atoms with Crippen LogP contribution in [0.3, 0.4) is 0 Å². The lowest BCUT2D eigenvalue weighted by Crippen LogP contribution is -2.44. The van der Waals surface area contributed by atoms with E-state index in [0.717, 1.165) is 23.9 Å². The van der Waals surface area contributed by atoms with Crippen LogP contribution in [-0.2, 0) is 0 Å². The Kier molecular flexibility index (Phi) is 2.73. The lowest BCUT2D eigenvalue weighted by molar-refractivity contribution is 0.190. The predicted molar refractivity (Wildman–Crippen MR) is 62.9 cm³/mol. The van der Waals surface area contributed by atoms with Crippen molar-refractivity contribution in [2.45, 2.75) is 51.1 Å². The van der Waals surface area contributed by atoms with Crippen LogP contribution in [0.2, 0.25) is 0 Å². The maximum absolute atomic E-state index is 3.81. The summed E-state index contributed by atoms with van der Waals surface area (Å²) in [5, 5.41) is 3.81. The molecule has 86 valence electrons. The lowest BCUT2D eigenvalue weighted by Gasteiger charge is -2.32. The highest BCUT2D eigenvalue weighted by Crippen LogP contribution is 2.32.